The molecule has 0 aliphatic rings. The second-order valence-corrected chi connectivity index (χ2v) is 3.07. The van der Waals surface area contributed by atoms with E-state index in [0.717, 1.165) is 21.9 Å². The van der Waals surface area contributed by atoms with Crippen molar-refractivity contribution < 1.29 is 40.6 Å². The third-order valence-electron chi connectivity index (χ3n) is 2.17. The molecular formula is C14H10Li2. The van der Waals surface area contributed by atoms with Gasteiger partial charge in [0.1, 0.15) is 0 Å². The van der Waals surface area contributed by atoms with Gasteiger partial charge in [-0.3, -0.25) is 0 Å². The van der Waals surface area contributed by atoms with E-state index in [1.54, 1.807) is 0 Å². The van der Waals surface area contributed by atoms with E-state index in [1.807, 2.05) is 36.4 Å². The van der Waals surface area contributed by atoms with E-state index in [4.69, 9.17) is 12.8 Å². The Morgan fingerprint density at radius 3 is 1.44 bits per heavy atom. The van der Waals surface area contributed by atoms with Gasteiger partial charge in [0.2, 0.25) is 0 Å². The molecule has 0 saturated carbocycles. The largest absolute Gasteiger partial charge is 1.00 e. The summed E-state index contributed by atoms with van der Waals surface area (Å²) in [4.78, 5) is 0. The monoisotopic (exact) mass is 192 g/mol. The van der Waals surface area contributed by atoms with Crippen LogP contribution in [0.1, 0.15) is 14.0 Å². The molecule has 0 N–H and O–H groups in total. The average Bonchev–Trinajstić information content (AvgIpc) is 2.27. The van der Waals surface area contributed by atoms with Crippen molar-refractivity contribution in [3.8, 4) is 24.7 Å². The normalized spacial score (nSPS) is 8.12. The third kappa shape index (κ3) is 3.00. The summed E-state index contributed by atoms with van der Waals surface area (Å²) < 4.78 is 0. The van der Waals surface area contributed by atoms with E-state index >= 15 is 0 Å². The smallest absolute Gasteiger partial charge is 1.00 e. The Morgan fingerprint density at radius 2 is 1.12 bits per heavy atom. The third-order valence-corrected chi connectivity index (χ3v) is 2.17. The van der Waals surface area contributed by atoms with Crippen molar-refractivity contribution in [1.29, 1.82) is 0 Å². The predicted molar refractivity (Wildman–Crippen MR) is 62.0 cm³/mol. The molecule has 0 radical (unpaired) electrons. The molecule has 2 heteroatoms. The van der Waals surface area contributed by atoms with Crippen LogP contribution in [0.4, 0.5) is 0 Å². The Labute approximate surface area is 123 Å². The van der Waals surface area contributed by atoms with E-state index in [-0.39, 0.29) is 40.6 Å². The first kappa shape index (κ1) is 15.0. The predicted octanol–water partition coefficient (Wildman–Crippen LogP) is -2.96. The van der Waals surface area contributed by atoms with Crippen molar-refractivity contribution in [2.24, 2.45) is 0 Å². The molecule has 0 heterocycles. The first-order valence-corrected chi connectivity index (χ1v) is 4.30. The van der Waals surface area contributed by atoms with Gasteiger partial charge in [0.25, 0.3) is 0 Å². The fraction of sp³-hybridized carbons (Fsp3) is 0. The fourth-order valence-corrected chi connectivity index (χ4v) is 1.43. The van der Waals surface area contributed by atoms with Crippen LogP contribution in [0.15, 0.2) is 36.4 Å². The first-order valence-electron chi connectivity index (χ1n) is 4.30. The van der Waals surface area contributed by atoms with E-state index in [1.165, 1.54) is 0 Å². The molecule has 0 aromatic heterocycles. The van der Waals surface area contributed by atoms with E-state index in [9.17, 15) is 0 Å². The Bertz CT molecular complexity index is 527. The molecule has 2 rings (SSSR count). The van der Waals surface area contributed by atoms with Gasteiger partial charge in [-0.15, -0.1) is 12.8 Å². The van der Waals surface area contributed by atoms with Crippen LogP contribution in [0.3, 0.4) is 0 Å². The van der Waals surface area contributed by atoms with Crippen LogP contribution in [0, 0.1) is 24.7 Å². The maximum absolute atomic E-state index is 5.31. The van der Waals surface area contributed by atoms with Gasteiger partial charge >= 0.3 is 37.7 Å². The minimum absolute atomic E-state index is 0. The number of hydrogen-bond acceptors (Lipinski definition) is 0. The molecule has 0 unspecified atom stereocenters. The standard InChI is InChI=1S/C14H8.2Li.2H/c1-3-11-5-7-14-10-12(4-2)6-8-13(14)9-11;;;;/h1-2,5-10H;;;;/q;2*+1;2*-1. The van der Waals surface area contributed by atoms with E-state index in [2.05, 4.69) is 11.8 Å². The van der Waals surface area contributed by atoms with Gasteiger partial charge in [-0.1, -0.05) is 24.0 Å². The maximum Gasteiger partial charge on any atom is 1.00 e. The number of rotatable bonds is 0. The van der Waals surface area contributed by atoms with Crippen LogP contribution >= 0.6 is 0 Å². The van der Waals surface area contributed by atoms with Crippen molar-refractivity contribution >= 4 is 10.8 Å². The molecule has 0 fully saturated rings. The van der Waals surface area contributed by atoms with Crippen molar-refractivity contribution in [3.63, 3.8) is 0 Å². The summed E-state index contributed by atoms with van der Waals surface area (Å²) in [5.41, 5.74) is 1.79. The molecule has 0 bridgehead atoms. The number of fused-ring (bicyclic) bond motifs is 1. The molecular weight excluding hydrogens is 182 g/mol. The van der Waals surface area contributed by atoms with Crippen molar-refractivity contribution in [1.82, 2.24) is 0 Å². The van der Waals surface area contributed by atoms with Gasteiger partial charge in [0.05, 0.1) is 0 Å². The summed E-state index contributed by atoms with van der Waals surface area (Å²) in [6.07, 6.45) is 10.6. The quantitative estimate of drug-likeness (QED) is 0.309. The van der Waals surface area contributed by atoms with Crippen LogP contribution in [-0.2, 0) is 0 Å². The van der Waals surface area contributed by atoms with Gasteiger partial charge in [-0.2, -0.15) is 0 Å². The Morgan fingerprint density at radius 1 is 0.750 bits per heavy atom. The number of benzene rings is 2. The summed E-state index contributed by atoms with van der Waals surface area (Å²) in [6.45, 7) is 0. The van der Waals surface area contributed by atoms with Gasteiger partial charge in [0.15, 0.2) is 0 Å². The van der Waals surface area contributed by atoms with Gasteiger partial charge in [-0.05, 0) is 35.0 Å². The van der Waals surface area contributed by atoms with Crippen LogP contribution < -0.4 is 37.7 Å². The Hall–Kier alpha value is -0.985. The molecule has 0 amide bonds. The first-order chi connectivity index (χ1) is 6.83. The summed E-state index contributed by atoms with van der Waals surface area (Å²) in [6, 6.07) is 11.8. The molecule has 2 aromatic carbocycles. The Kier molecular flexibility index (Phi) is 6.16. The maximum atomic E-state index is 5.31. The summed E-state index contributed by atoms with van der Waals surface area (Å²) >= 11 is 0. The summed E-state index contributed by atoms with van der Waals surface area (Å²) in [5, 5.41) is 2.25. The molecule has 0 spiro atoms. The summed E-state index contributed by atoms with van der Waals surface area (Å²) in [5.74, 6) is 5.21. The minimum atomic E-state index is 0. The zero-order valence-corrected chi connectivity index (χ0v) is 9.62. The van der Waals surface area contributed by atoms with Gasteiger partial charge in [0, 0.05) is 11.1 Å². The second kappa shape index (κ2) is 6.57. The minimum Gasteiger partial charge on any atom is -1.00 e. The van der Waals surface area contributed by atoms with Crippen molar-refractivity contribution in [2.75, 3.05) is 0 Å². The number of terminal acetylenes is 2. The molecule has 2 aromatic rings. The van der Waals surface area contributed by atoms with Crippen LogP contribution in [0.5, 0.6) is 0 Å². The zero-order valence-electron chi connectivity index (χ0n) is 11.6. The second-order valence-electron chi connectivity index (χ2n) is 3.07. The van der Waals surface area contributed by atoms with Gasteiger partial charge < -0.3 is 2.85 Å². The molecule has 68 valence electrons. The molecule has 0 aliphatic heterocycles. The zero-order chi connectivity index (χ0) is 9.97. The van der Waals surface area contributed by atoms with E-state index in [0.29, 0.717) is 0 Å². The fourth-order valence-electron chi connectivity index (χ4n) is 1.43. The molecule has 0 saturated heterocycles. The van der Waals surface area contributed by atoms with Crippen LogP contribution in [0.25, 0.3) is 10.8 Å². The topological polar surface area (TPSA) is 0 Å². The summed E-state index contributed by atoms with van der Waals surface area (Å²) in [7, 11) is 0. The van der Waals surface area contributed by atoms with Crippen LogP contribution in [0.2, 0.25) is 0 Å². The van der Waals surface area contributed by atoms with Gasteiger partial charge in [-0.25, -0.2) is 0 Å². The molecule has 0 atom stereocenters. The van der Waals surface area contributed by atoms with E-state index < -0.39 is 0 Å². The molecule has 0 nitrogen and oxygen atoms in total. The van der Waals surface area contributed by atoms with Crippen molar-refractivity contribution in [2.45, 2.75) is 0 Å². The number of hydrogen-bond donors (Lipinski definition) is 0. The van der Waals surface area contributed by atoms with Crippen LogP contribution in [-0.4, -0.2) is 0 Å². The molecule has 16 heavy (non-hydrogen) atoms. The average molecular weight is 192 g/mol. The molecule has 0 aliphatic carbocycles. The Balaban J connectivity index is -0.000000562. The van der Waals surface area contributed by atoms with Crippen molar-refractivity contribution in [3.05, 3.63) is 47.5 Å². The SMILES string of the molecule is C#Cc1ccc2cc(C#C)ccc2c1.[H-].[H-].[Li+].[Li+].